The van der Waals surface area contributed by atoms with Crippen LogP contribution in [0.1, 0.15) is 48.6 Å². The number of aromatic nitrogens is 2. The minimum absolute atomic E-state index is 0.0184. The first-order valence-electron chi connectivity index (χ1n) is 13.9. The number of aliphatic hydroxyl groups excluding tert-OH is 1. The van der Waals surface area contributed by atoms with Gasteiger partial charge in [0.25, 0.3) is 5.78 Å². The maximum absolute atomic E-state index is 13.7. The zero-order chi connectivity index (χ0) is 30.1. The molecule has 0 saturated carbocycles. The van der Waals surface area contributed by atoms with E-state index in [-0.39, 0.29) is 22.6 Å². The highest BCUT2D eigenvalue weighted by atomic mass is 35.5. The van der Waals surface area contributed by atoms with Gasteiger partial charge in [0.2, 0.25) is 5.13 Å². The molecule has 8 nitrogen and oxygen atoms in total. The maximum atomic E-state index is 13.7. The number of amides is 1. The second-order valence-electron chi connectivity index (χ2n) is 10.3. The van der Waals surface area contributed by atoms with Crippen molar-refractivity contribution in [1.82, 2.24) is 10.2 Å². The Morgan fingerprint density at radius 2 is 1.95 bits per heavy atom. The van der Waals surface area contributed by atoms with E-state index in [4.69, 9.17) is 21.1 Å². The van der Waals surface area contributed by atoms with Crippen molar-refractivity contribution in [2.75, 3.05) is 11.5 Å². The van der Waals surface area contributed by atoms with Gasteiger partial charge in [0.1, 0.15) is 23.4 Å². The van der Waals surface area contributed by atoms with Gasteiger partial charge in [-0.05, 0) is 72.5 Å². The summed E-state index contributed by atoms with van der Waals surface area (Å²) in [7, 11) is 0. The molecule has 1 saturated heterocycles. The second kappa shape index (κ2) is 12.4. The molecule has 43 heavy (non-hydrogen) atoms. The van der Waals surface area contributed by atoms with Gasteiger partial charge in [0.15, 0.2) is 4.34 Å². The number of hydrogen-bond acceptors (Lipinski definition) is 9. The van der Waals surface area contributed by atoms with E-state index in [9.17, 15) is 14.7 Å². The molecule has 2 atom stereocenters. The van der Waals surface area contributed by atoms with Crippen LogP contribution in [-0.2, 0) is 21.8 Å². The first kappa shape index (κ1) is 29.2. The Balaban J connectivity index is 1.39. The van der Waals surface area contributed by atoms with Crippen molar-refractivity contribution in [3.63, 3.8) is 0 Å². The van der Waals surface area contributed by atoms with Crippen LogP contribution in [0.25, 0.3) is 5.76 Å². The van der Waals surface area contributed by atoms with Gasteiger partial charge in [-0.15, -0.1) is 10.2 Å². The molecule has 6 rings (SSSR count). The van der Waals surface area contributed by atoms with Crippen LogP contribution < -0.4 is 14.4 Å². The number of halogens is 1. The third kappa shape index (κ3) is 6.00. The molecule has 0 spiro atoms. The van der Waals surface area contributed by atoms with Crippen molar-refractivity contribution in [3.8, 4) is 11.5 Å². The van der Waals surface area contributed by atoms with Crippen LogP contribution in [0.3, 0.4) is 0 Å². The fourth-order valence-corrected chi connectivity index (χ4v) is 7.10. The molecule has 0 unspecified atom stereocenters. The van der Waals surface area contributed by atoms with Crippen LogP contribution in [0.5, 0.6) is 11.5 Å². The van der Waals surface area contributed by atoms with Gasteiger partial charge in [-0.2, -0.15) is 0 Å². The molecule has 2 aliphatic heterocycles. The number of aliphatic hydroxyl groups is 1. The van der Waals surface area contributed by atoms with Crippen molar-refractivity contribution in [3.05, 3.63) is 99.6 Å². The average molecular weight is 634 g/mol. The molecule has 220 valence electrons. The number of ether oxygens (including phenoxy) is 2. The average Bonchev–Trinajstić information content (AvgIpc) is 3.70. The number of thioether (sulfide) groups is 1. The highest BCUT2D eigenvalue weighted by Crippen LogP contribution is 2.45. The SMILES string of the molecule is CCCOc1cccc([C@@H]2/C(=C(\O)c3ccc4c(c3)C[C@@H](C)O4)C(=O)C(=O)N2c2nnc(SCc3ccc(Cl)cc3)s2)c1. The van der Waals surface area contributed by atoms with Gasteiger partial charge in [-0.1, -0.05) is 65.9 Å². The van der Waals surface area contributed by atoms with Crippen LogP contribution in [0, 0.1) is 0 Å². The Bertz CT molecular complexity index is 1720. The normalized spacial score (nSPS) is 19.0. The predicted octanol–water partition coefficient (Wildman–Crippen LogP) is 7.22. The van der Waals surface area contributed by atoms with Crippen molar-refractivity contribution < 1.29 is 24.2 Å². The van der Waals surface area contributed by atoms with Gasteiger partial charge >= 0.3 is 5.91 Å². The lowest BCUT2D eigenvalue weighted by Crippen LogP contribution is -2.29. The van der Waals surface area contributed by atoms with Crippen molar-refractivity contribution in [2.24, 2.45) is 0 Å². The number of carbonyl (C=O) groups is 2. The largest absolute Gasteiger partial charge is 0.507 e. The van der Waals surface area contributed by atoms with E-state index >= 15 is 0 Å². The molecule has 1 aromatic heterocycles. The molecule has 11 heteroatoms. The van der Waals surface area contributed by atoms with Gasteiger partial charge in [-0.25, -0.2) is 0 Å². The lowest BCUT2D eigenvalue weighted by molar-refractivity contribution is -0.132. The lowest BCUT2D eigenvalue weighted by Gasteiger charge is -2.23. The van der Waals surface area contributed by atoms with E-state index in [1.807, 2.05) is 62.4 Å². The maximum Gasteiger partial charge on any atom is 0.301 e. The van der Waals surface area contributed by atoms with Crippen LogP contribution in [0.2, 0.25) is 5.02 Å². The Kier molecular flexibility index (Phi) is 8.43. The molecule has 1 amide bonds. The van der Waals surface area contributed by atoms with Gasteiger partial charge in [0, 0.05) is 22.8 Å². The summed E-state index contributed by atoms with van der Waals surface area (Å²) in [6, 6.07) is 19.1. The standard InChI is InChI=1S/C32H28ClN3O5S2/c1-3-13-40-24-6-4-5-20(16-24)27-26(28(37)21-9-12-25-22(15-21)14-18(2)41-25)29(38)30(39)36(27)31-34-35-32(43-31)42-17-19-7-10-23(33)11-8-19/h4-12,15-16,18,27,37H,3,13-14,17H2,1-2H3/b28-26+/t18-,27-/m1/s1. The van der Waals surface area contributed by atoms with Crippen molar-refractivity contribution in [1.29, 1.82) is 0 Å². The first-order valence-corrected chi connectivity index (χ1v) is 16.0. The summed E-state index contributed by atoms with van der Waals surface area (Å²) in [4.78, 5) is 28.6. The zero-order valence-electron chi connectivity index (χ0n) is 23.5. The Morgan fingerprint density at radius 3 is 2.74 bits per heavy atom. The van der Waals surface area contributed by atoms with Crippen LogP contribution >= 0.6 is 34.7 Å². The highest BCUT2D eigenvalue weighted by molar-refractivity contribution is 8.00. The Morgan fingerprint density at radius 1 is 1.14 bits per heavy atom. The molecule has 0 bridgehead atoms. The summed E-state index contributed by atoms with van der Waals surface area (Å²) < 4.78 is 12.3. The number of anilines is 1. The number of Topliss-reactive ketones (excluding diaryl/α,β-unsaturated/α-hetero) is 1. The van der Waals surface area contributed by atoms with E-state index < -0.39 is 17.7 Å². The number of benzene rings is 3. The quantitative estimate of drug-likeness (QED) is 0.0678. The Labute approximate surface area is 262 Å². The summed E-state index contributed by atoms with van der Waals surface area (Å²) in [6.45, 7) is 4.51. The minimum Gasteiger partial charge on any atom is -0.507 e. The predicted molar refractivity (Wildman–Crippen MR) is 168 cm³/mol. The Hall–Kier alpha value is -3.86. The minimum atomic E-state index is -0.935. The molecule has 3 heterocycles. The monoisotopic (exact) mass is 633 g/mol. The van der Waals surface area contributed by atoms with E-state index in [0.717, 1.165) is 23.3 Å². The molecule has 3 aromatic carbocycles. The topological polar surface area (TPSA) is 102 Å². The summed E-state index contributed by atoms with van der Waals surface area (Å²) >= 11 is 8.69. The summed E-state index contributed by atoms with van der Waals surface area (Å²) in [6.07, 6.45) is 1.53. The number of ketones is 1. The van der Waals surface area contributed by atoms with Crippen LogP contribution in [0.15, 0.2) is 76.6 Å². The first-order chi connectivity index (χ1) is 20.8. The summed E-state index contributed by atoms with van der Waals surface area (Å²) in [5.41, 5.74) is 3.02. The third-order valence-electron chi connectivity index (χ3n) is 7.14. The van der Waals surface area contributed by atoms with Gasteiger partial charge in [-0.3, -0.25) is 14.5 Å². The number of hydrogen-bond donors (Lipinski definition) is 1. The smallest absolute Gasteiger partial charge is 0.301 e. The molecule has 4 aromatic rings. The lowest BCUT2D eigenvalue weighted by atomic mass is 9.94. The number of nitrogens with zero attached hydrogens (tertiary/aromatic N) is 3. The number of fused-ring (bicyclic) bond motifs is 1. The molecule has 1 fully saturated rings. The summed E-state index contributed by atoms with van der Waals surface area (Å²) in [5.74, 6) is 0.151. The summed E-state index contributed by atoms with van der Waals surface area (Å²) in [5, 5.41) is 21.1. The molecule has 2 aliphatic rings. The number of carbonyl (C=O) groups excluding carboxylic acids is 2. The van der Waals surface area contributed by atoms with E-state index in [2.05, 4.69) is 10.2 Å². The molecule has 1 N–H and O–H groups in total. The van der Waals surface area contributed by atoms with Crippen molar-refractivity contribution in [2.45, 2.75) is 48.9 Å². The highest BCUT2D eigenvalue weighted by Gasteiger charge is 2.48. The van der Waals surface area contributed by atoms with Crippen LogP contribution in [-0.4, -0.2) is 39.7 Å². The zero-order valence-corrected chi connectivity index (χ0v) is 25.8. The molecular formula is C32H28ClN3O5S2. The van der Waals surface area contributed by atoms with Crippen molar-refractivity contribution >= 4 is 57.3 Å². The fourth-order valence-electron chi connectivity index (χ4n) is 5.15. The van der Waals surface area contributed by atoms with Gasteiger partial charge in [0.05, 0.1) is 18.2 Å². The molecular weight excluding hydrogens is 606 g/mol. The molecule has 0 radical (unpaired) electrons. The third-order valence-corrected chi connectivity index (χ3v) is 9.52. The molecule has 0 aliphatic carbocycles. The van der Waals surface area contributed by atoms with Gasteiger partial charge < -0.3 is 14.6 Å². The van der Waals surface area contributed by atoms with E-state index in [1.54, 1.807) is 18.2 Å². The van der Waals surface area contributed by atoms with E-state index in [1.165, 1.54) is 28.0 Å². The fraction of sp³-hybridized carbons (Fsp3) is 0.250. The number of rotatable bonds is 9. The second-order valence-corrected chi connectivity index (χ2v) is 12.9. The van der Waals surface area contributed by atoms with Crippen LogP contribution in [0.4, 0.5) is 5.13 Å². The van der Waals surface area contributed by atoms with E-state index in [0.29, 0.717) is 45.0 Å².